The summed E-state index contributed by atoms with van der Waals surface area (Å²) in [7, 11) is 0. The van der Waals surface area contributed by atoms with Crippen LogP contribution in [-0.2, 0) is 4.84 Å². The number of hydrogen-bond donors (Lipinski definition) is 0. The van der Waals surface area contributed by atoms with Gasteiger partial charge in [0.1, 0.15) is 0 Å². The first-order chi connectivity index (χ1) is 11.1. The van der Waals surface area contributed by atoms with Gasteiger partial charge in [0, 0.05) is 26.2 Å². The smallest absolute Gasteiger partial charge is 0.218 e. The highest BCUT2D eigenvalue weighted by atomic mass is 16.6. The Morgan fingerprint density at radius 3 is 2.43 bits per heavy atom. The fourth-order valence-corrected chi connectivity index (χ4v) is 2.57. The Bertz CT molecular complexity index is 517. The van der Waals surface area contributed by atoms with Gasteiger partial charge < -0.3 is 9.74 Å². The van der Waals surface area contributed by atoms with Crippen LogP contribution in [0.5, 0.6) is 0 Å². The van der Waals surface area contributed by atoms with Crippen molar-refractivity contribution in [2.45, 2.75) is 27.2 Å². The highest BCUT2D eigenvalue weighted by molar-refractivity contribution is 5.98. The van der Waals surface area contributed by atoms with Crippen LogP contribution in [0.2, 0.25) is 0 Å². The molecule has 0 atom stereocenters. The lowest BCUT2D eigenvalue weighted by atomic mass is 10.1. The summed E-state index contributed by atoms with van der Waals surface area (Å²) in [5, 5.41) is 4.21. The molecule has 0 amide bonds. The van der Waals surface area contributed by atoms with E-state index in [1.54, 1.807) is 0 Å². The van der Waals surface area contributed by atoms with Crippen molar-refractivity contribution in [1.82, 2.24) is 9.80 Å². The van der Waals surface area contributed by atoms with Gasteiger partial charge in [-0.05, 0) is 37.9 Å². The molecule has 1 aromatic carbocycles. The zero-order chi connectivity index (χ0) is 16.7. The van der Waals surface area contributed by atoms with Crippen LogP contribution in [-0.4, -0.2) is 48.2 Å². The monoisotopic (exact) mass is 315 g/mol. The van der Waals surface area contributed by atoms with Gasteiger partial charge in [-0.3, -0.25) is 4.90 Å². The molecule has 4 nitrogen and oxygen atoms in total. The number of hydrogen-bond acceptors (Lipinski definition) is 4. The number of nitrogens with zero attached hydrogens (tertiary/aromatic N) is 3. The van der Waals surface area contributed by atoms with Crippen LogP contribution in [0.15, 0.2) is 47.9 Å². The van der Waals surface area contributed by atoms with Gasteiger partial charge in [-0.1, -0.05) is 49.3 Å². The lowest BCUT2D eigenvalue weighted by molar-refractivity contribution is 0.0736. The van der Waals surface area contributed by atoms with Crippen molar-refractivity contribution in [3.63, 3.8) is 0 Å². The molecule has 1 aromatic rings. The molecule has 0 bridgehead atoms. The van der Waals surface area contributed by atoms with Crippen molar-refractivity contribution >= 4 is 5.71 Å². The van der Waals surface area contributed by atoms with Crippen molar-refractivity contribution in [3.05, 3.63) is 48.4 Å². The molecule has 0 N–H and O–H groups in total. The van der Waals surface area contributed by atoms with E-state index in [1.165, 1.54) is 13.0 Å². The Hall–Kier alpha value is -1.81. The highest BCUT2D eigenvalue weighted by Crippen LogP contribution is 2.12. The molecule has 1 saturated heterocycles. The predicted octanol–water partition coefficient (Wildman–Crippen LogP) is 3.56. The van der Waals surface area contributed by atoms with E-state index < -0.39 is 0 Å². The molecule has 0 aromatic heterocycles. The molecule has 23 heavy (non-hydrogen) atoms. The van der Waals surface area contributed by atoms with E-state index in [4.69, 9.17) is 4.84 Å². The lowest BCUT2D eigenvalue weighted by Crippen LogP contribution is -2.46. The van der Waals surface area contributed by atoms with Gasteiger partial charge in [0.25, 0.3) is 0 Å². The molecule has 1 aliphatic heterocycles. The van der Waals surface area contributed by atoms with Crippen LogP contribution in [0, 0.1) is 5.92 Å². The molecule has 1 fully saturated rings. The standard InChI is InChI=1S/C19H29N3O/c1-16(2)10-11-21-12-14-22(15-13-21)18(4)23-20-17(3)19-8-6-5-7-9-19/h5-9,16H,4,10-15H2,1-3H3/b20-17+. The van der Waals surface area contributed by atoms with Crippen molar-refractivity contribution in [1.29, 1.82) is 0 Å². The normalized spacial score (nSPS) is 16.7. The molecule has 0 spiro atoms. The van der Waals surface area contributed by atoms with Gasteiger partial charge in [0.05, 0.1) is 5.71 Å². The molecule has 1 heterocycles. The molecule has 0 radical (unpaired) electrons. The van der Waals surface area contributed by atoms with E-state index in [0.717, 1.165) is 43.4 Å². The minimum absolute atomic E-state index is 0.642. The molecule has 1 aliphatic rings. The third-order valence-electron chi connectivity index (χ3n) is 4.23. The zero-order valence-corrected chi connectivity index (χ0v) is 14.7. The van der Waals surface area contributed by atoms with Gasteiger partial charge in [-0.2, -0.15) is 0 Å². The second-order valence-electron chi connectivity index (χ2n) is 6.54. The summed E-state index contributed by atoms with van der Waals surface area (Å²) in [5.74, 6) is 1.41. The van der Waals surface area contributed by atoms with Crippen LogP contribution < -0.4 is 0 Å². The van der Waals surface area contributed by atoms with Gasteiger partial charge in [0.15, 0.2) is 0 Å². The second kappa shape index (κ2) is 8.73. The third-order valence-corrected chi connectivity index (χ3v) is 4.23. The summed E-state index contributed by atoms with van der Waals surface area (Å²) in [6.07, 6.45) is 1.26. The molecule has 2 rings (SSSR count). The quantitative estimate of drug-likeness (QED) is 0.437. The molecule has 126 valence electrons. The molecule has 0 aliphatic carbocycles. The van der Waals surface area contributed by atoms with Crippen LogP contribution >= 0.6 is 0 Å². The van der Waals surface area contributed by atoms with E-state index in [2.05, 4.69) is 35.4 Å². The number of piperazine rings is 1. The number of rotatable bonds is 7. The first kappa shape index (κ1) is 17.5. The van der Waals surface area contributed by atoms with Crippen LogP contribution in [0.3, 0.4) is 0 Å². The highest BCUT2D eigenvalue weighted by Gasteiger charge is 2.18. The topological polar surface area (TPSA) is 28.1 Å². The number of oxime groups is 1. The van der Waals surface area contributed by atoms with Crippen molar-refractivity contribution in [2.75, 3.05) is 32.7 Å². The number of benzene rings is 1. The van der Waals surface area contributed by atoms with Gasteiger partial charge in [-0.25, -0.2) is 0 Å². The molecule has 0 saturated carbocycles. The average Bonchev–Trinajstić information content (AvgIpc) is 2.58. The fourth-order valence-electron chi connectivity index (χ4n) is 2.57. The summed E-state index contributed by atoms with van der Waals surface area (Å²) in [6, 6.07) is 10.0. The van der Waals surface area contributed by atoms with Gasteiger partial charge >= 0.3 is 0 Å². The Morgan fingerprint density at radius 1 is 1.17 bits per heavy atom. The van der Waals surface area contributed by atoms with Gasteiger partial charge in [0.2, 0.25) is 5.88 Å². The van der Waals surface area contributed by atoms with E-state index in [0.29, 0.717) is 5.88 Å². The van der Waals surface area contributed by atoms with Crippen LogP contribution in [0.25, 0.3) is 0 Å². The summed E-state index contributed by atoms with van der Waals surface area (Å²) >= 11 is 0. The van der Waals surface area contributed by atoms with Crippen molar-refractivity contribution in [3.8, 4) is 0 Å². The maximum Gasteiger partial charge on any atom is 0.218 e. The Balaban J connectivity index is 1.77. The van der Waals surface area contributed by atoms with E-state index >= 15 is 0 Å². The Morgan fingerprint density at radius 2 is 1.83 bits per heavy atom. The van der Waals surface area contributed by atoms with E-state index in [1.807, 2.05) is 37.3 Å². The first-order valence-electron chi connectivity index (χ1n) is 8.49. The minimum Gasteiger partial charge on any atom is -0.339 e. The third kappa shape index (κ3) is 5.71. The fraction of sp³-hybridized carbons (Fsp3) is 0.526. The van der Waals surface area contributed by atoms with Gasteiger partial charge in [-0.15, -0.1) is 0 Å². The first-order valence-corrected chi connectivity index (χ1v) is 8.49. The largest absolute Gasteiger partial charge is 0.339 e. The lowest BCUT2D eigenvalue weighted by Gasteiger charge is -2.35. The zero-order valence-electron chi connectivity index (χ0n) is 14.7. The molecule has 0 unspecified atom stereocenters. The predicted molar refractivity (Wildman–Crippen MR) is 96.3 cm³/mol. The van der Waals surface area contributed by atoms with Crippen LogP contribution in [0.1, 0.15) is 32.8 Å². The summed E-state index contributed by atoms with van der Waals surface area (Å²) < 4.78 is 0. The maximum atomic E-state index is 5.53. The molecular formula is C19H29N3O. The Labute approximate surface area is 140 Å². The Kier molecular flexibility index (Phi) is 6.66. The summed E-state index contributed by atoms with van der Waals surface area (Å²) in [4.78, 5) is 10.2. The second-order valence-corrected chi connectivity index (χ2v) is 6.54. The van der Waals surface area contributed by atoms with E-state index in [-0.39, 0.29) is 0 Å². The molecular weight excluding hydrogens is 286 g/mol. The maximum absolute atomic E-state index is 5.53. The van der Waals surface area contributed by atoms with Crippen LogP contribution in [0.4, 0.5) is 0 Å². The summed E-state index contributed by atoms with van der Waals surface area (Å²) in [5.41, 5.74) is 1.93. The van der Waals surface area contributed by atoms with Crippen molar-refractivity contribution in [2.24, 2.45) is 11.1 Å². The van der Waals surface area contributed by atoms with Crippen molar-refractivity contribution < 1.29 is 4.84 Å². The SMILES string of the molecule is C=C(O/N=C(\C)c1ccccc1)N1CCN(CCC(C)C)CC1. The minimum atomic E-state index is 0.642. The molecule has 4 heteroatoms. The summed E-state index contributed by atoms with van der Waals surface area (Å²) in [6.45, 7) is 15.8. The van der Waals surface area contributed by atoms with E-state index in [9.17, 15) is 0 Å². The average molecular weight is 315 g/mol.